The van der Waals surface area contributed by atoms with E-state index in [1.54, 1.807) is 6.07 Å². The van der Waals surface area contributed by atoms with Crippen molar-refractivity contribution in [2.45, 2.75) is 0 Å². The normalized spacial score (nSPS) is 9.80. The number of rotatable bonds is 3. The summed E-state index contributed by atoms with van der Waals surface area (Å²) in [6, 6.07) is 7.86. The molecule has 0 radical (unpaired) electrons. The highest BCUT2D eigenvalue weighted by Gasteiger charge is 2.14. The molecule has 0 aliphatic rings. The Morgan fingerprint density at radius 3 is 2.55 bits per heavy atom. The van der Waals surface area contributed by atoms with Gasteiger partial charge in [-0.3, -0.25) is 4.79 Å². The molecule has 1 amide bonds. The van der Waals surface area contributed by atoms with Crippen molar-refractivity contribution in [3.63, 3.8) is 0 Å². The van der Waals surface area contributed by atoms with Gasteiger partial charge in [0.25, 0.3) is 5.91 Å². The number of nitrogens with zero attached hydrogens (tertiary/aromatic N) is 1. The summed E-state index contributed by atoms with van der Waals surface area (Å²) in [6.45, 7) is 0. The molecular formula is C13H7FN2O3S. The molecule has 2 N–H and O–H groups in total. The molecule has 0 aliphatic carbocycles. The number of carboxylic acids is 1. The van der Waals surface area contributed by atoms with Gasteiger partial charge in [-0.15, -0.1) is 11.3 Å². The van der Waals surface area contributed by atoms with E-state index in [1.807, 2.05) is 0 Å². The van der Waals surface area contributed by atoms with Gasteiger partial charge in [-0.25, -0.2) is 9.18 Å². The fourth-order valence-corrected chi connectivity index (χ4v) is 2.22. The molecule has 0 bridgehead atoms. The zero-order valence-corrected chi connectivity index (χ0v) is 10.7. The molecule has 0 saturated carbocycles. The van der Waals surface area contributed by atoms with E-state index in [2.05, 4.69) is 5.32 Å². The van der Waals surface area contributed by atoms with Crippen molar-refractivity contribution in [3.05, 3.63) is 51.5 Å². The number of halogens is 1. The average molecular weight is 290 g/mol. The third kappa shape index (κ3) is 2.81. The van der Waals surface area contributed by atoms with Crippen molar-refractivity contribution in [1.29, 1.82) is 5.26 Å². The zero-order valence-electron chi connectivity index (χ0n) is 9.88. The van der Waals surface area contributed by atoms with Crippen LogP contribution in [0.25, 0.3) is 0 Å². The van der Waals surface area contributed by atoms with E-state index in [0.717, 1.165) is 23.5 Å². The maximum Gasteiger partial charge on any atom is 0.345 e. The number of benzene rings is 1. The lowest BCUT2D eigenvalue weighted by molar-refractivity contribution is 0.0702. The smallest absolute Gasteiger partial charge is 0.345 e. The zero-order chi connectivity index (χ0) is 14.7. The van der Waals surface area contributed by atoms with Crippen LogP contribution >= 0.6 is 11.3 Å². The standard InChI is InChI=1S/C13H7FN2O3S/c14-8-1-2-9(7(5-8)6-15)16-12(17)10-3-4-11(20-10)13(18)19/h1-5H,(H,16,17)(H,18,19). The van der Waals surface area contributed by atoms with Gasteiger partial charge < -0.3 is 10.4 Å². The summed E-state index contributed by atoms with van der Waals surface area (Å²) in [5.74, 6) is -2.25. The number of nitrogens with one attached hydrogen (secondary N) is 1. The Kier molecular flexibility index (Phi) is 3.77. The Labute approximate surface area is 116 Å². The number of hydrogen-bond acceptors (Lipinski definition) is 4. The van der Waals surface area contributed by atoms with Gasteiger partial charge in [0.2, 0.25) is 0 Å². The molecule has 1 heterocycles. The first-order valence-corrected chi connectivity index (χ1v) is 6.17. The van der Waals surface area contributed by atoms with Gasteiger partial charge in [0.15, 0.2) is 0 Å². The van der Waals surface area contributed by atoms with Crippen LogP contribution in [0.2, 0.25) is 0 Å². The number of carbonyl (C=O) groups excluding carboxylic acids is 1. The van der Waals surface area contributed by atoms with E-state index in [0.29, 0.717) is 0 Å². The average Bonchev–Trinajstić information content (AvgIpc) is 2.90. The summed E-state index contributed by atoms with van der Waals surface area (Å²) in [6.07, 6.45) is 0. The van der Waals surface area contributed by atoms with Gasteiger partial charge in [0, 0.05) is 0 Å². The largest absolute Gasteiger partial charge is 0.477 e. The van der Waals surface area contributed by atoms with Gasteiger partial charge in [-0.05, 0) is 30.3 Å². The fraction of sp³-hybridized carbons (Fsp3) is 0. The highest BCUT2D eigenvalue weighted by Crippen LogP contribution is 2.20. The van der Waals surface area contributed by atoms with E-state index in [9.17, 15) is 14.0 Å². The minimum Gasteiger partial charge on any atom is -0.477 e. The van der Waals surface area contributed by atoms with Crippen LogP contribution in [-0.2, 0) is 0 Å². The minimum absolute atomic E-state index is 0.00614. The highest BCUT2D eigenvalue weighted by atomic mass is 32.1. The minimum atomic E-state index is -1.12. The lowest BCUT2D eigenvalue weighted by atomic mass is 10.2. The number of aromatic carboxylic acids is 1. The van der Waals surface area contributed by atoms with Gasteiger partial charge >= 0.3 is 5.97 Å². The van der Waals surface area contributed by atoms with E-state index < -0.39 is 17.7 Å². The van der Waals surface area contributed by atoms with Gasteiger partial charge in [-0.2, -0.15) is 5.26 Å². The van der Waals surface area contributed by atoms with Crippen molar-refractivity contribution >= 4 is 28.9 Å². The summed E-state index contributed by atoms with van der Waals surface area (Å²) in [5.41, 5.74) is 0.164. The molecule has 0 fully saturated rings. The third-order valence-corrected chi connectivity index (χ3v) is 3.46. The van der Waals surface area contributed by atoms with Crippen molar-refractivity contribution in [3.8, 4) is 6.07 Å². The number of amides is 1. The van der Waals surface area contributed by atoms with Crippen LogP contribution < -0.4 is 5.32 Å². The quantitative estimate of drug-likeness (QED) is 0.909. The summed E-state index contributed by atoms with van der Waals surface area (Å²) in [7, 11) is 0. The second-order valence-electron chi connectivity index (χ2n) is 3.72. The Hall–Kier alpha value is -2.72. The molecular weight excluding hydrogens is 283 g/mol. The van der Waals surface area contributed by atoms with Crippen LogP contribution in [0.5, 0.6) is 0 Å². The Bertz CT molecular complexity index is 733. The molecule has 2 aromatic rings. The van der Waals surface area contributed by atoms with Gasteiger partial charge in [-0.1, -0.05) is 0 Å². The molecule has 0 unspecified atom stereocenters. The second kappa shape index (κ2) is 5.50. The Balaban J connectivity index is 2.23. The molecule has 7 heteroatoms. The predicted molar refractivity (Wildman–Crippen MR) is 70.3 cm³/mol. The Morgan fingerprint density at radius 1 is 1.25 bits per heavy atom. The van der Waals surface area contributed by atoms with Crippen LogP contribution in [0, 0.1) is 17.1 Å². The number of carboxylic acid groups (broad SMARTS) is 1. The van der Waals surface area contributed by atoms with Gasteiger partial charge in [0.1, 0.15) is 16.8 Å². The first kappa shape index (κ1) is 13.7. The molecule has 1 aromatic carbocycles. The van der Waals surface area contributed by atoms with E-state index in [1.165, 1.54) is 18.2 Å². The summed E-state index contributed by atoms with van der Waals surface area (Å²) in [4.78, 5) is 22.9. The van der Waals surface area contributed by atoms with E-state index in [-0.39, 0.29) is 21.0 Å². The summed E-state index contributed by atoms with van der Waals surface area (Å²) in [5, 5.41) is 20.1. The van der Waals surface area contributed by atoms with E-state index >= 15 is 0 Å². The number of hydrogen-bond donors (Lipinski definition) is 2. The van der Waals surface area contributed by atoms with Crippen LogP contribution in [-0.4, -0.2) is 17.0 Å². The van der Waals surface area contributed by atoms with E-state index in [4.69, 9.17) is 10.4 Å². The van der Waals surface area contributed by atoms with Crippen LogP contribution in [0.4, 0.5) is 10.1 Å². The van der Waals surface area contributed by atoms with Crippen molar-refractivity contribution in [2.24, 2.45) is 0 Å². The molecule has 2 rings (SSSR count). The first-order valence-electron chi connectivity index (χ1n) is 5.35. The molecule has 5 nitrogen and oxygen atoms in total. The number of carbonyl (C=O) groups is 2. The third-order valence-electron chi connectivity index (χ3n) is 2.39. The van der Waals surface area contributed by atoms with Gasteiger partial charge in [0.05, 0.1) is 16.1 Å². The van der Waals surface area contributed by atoms with Crippen LogP contribution in [0.1, 0.15) is 24.9 Å². The molecule has 100 valence electrons. The highest BCUT2D eigenvalue weighted by molar-refractivity contribution is 7.15. The van der Waals surface area contributed by atoms with Crippen molar-refractivity contribution < 1.29 is 19.1 Å². The Morgan fingerprint density at radius 2 is 1.95 bits per heavy atom. The monoisotopic (exact) mass is 290 g/mol. The maximum absolute atomic E-state index is 13.0. The molecule has 20 heavy (non-hydrogen) atoms. The maximum atomic E-state index is 13.0. The summed E-state index contributed by atoms with van der Waals surface area (Å²) < 4.78 is 13.0. The predicted octanol–water partition coefficient (Wildman–Crippen LogP) is 2.71. The number of nitriles is 1. The lowest BCUT2D eigenvalue weighted by Crippen LogP contribution is -2.11. The topological polar surface area (TPSA) is 90.2 Å². The molecule has 0 spiro atoms. The lowest BCUT2D eigenvalue weighted by Gasteiger charge is -2.05. The molecule has 1 aromatic heterocycles. The number of thiophene rings is 1. The molecule has 0 saturated heterocycles. The molecule has 0 aliphatic heterocycles. The van der Waals surface area contributed by atoms with Crippen molar-refractivity contribution in [2.75, 3.05) is 5.32 Å². The first-order chi connectivity index (χ1) is 9.51. The van der Waals surface area contributed by atoms with Crippen LogP contribution in [0.15, 0.2) is 30.3 Å². The summed E-state index contributed by atoms with van der Waals surface area (Å²) >= 11 is 0.816. The number of anilines is 1. The molecule has 0 atom stereocenters. The SMILES string of the molecule is N#Cc1cc(F)ccc1NC(=O)c1ccc(C(=O)O)s1. The van der Waals surface area contributed by atoms with Crippen molar-refractivity contribution in [1.82, 2.24) is 0 Å². The fourth-order valence-electron chi connectivity index (χ4n) is 1.48. The van der Waals surface area contributed by atoms with Crippen LogP contribution in [0.3, 0.4) is 0 Å². The second-order valence-corrected chi connectivity index (χ2v) is 4.81.